The minimum Gasteiger partial charge on any atom is -0.381 e. The Morgan fingerprint density at radius 3 is 3.00 bits per heavy atom. The van der Waals surface area contributed by atoms with E-state index in [0.29, 0.717) is 47.9 Å². The van der Waals surface area contributed by atoms with Crippen molar-refractivity contribution in [2.45, 2.75) is 32.9 Å². The summed E-state index contributed by atoms with van der Waals surface area (Å²) in [6.45, 7) is 5.60. The van der Waals surface area contributed by atoms with Gasteiger partial charge in [0.15, 0.2) is 0 Å². The molecule has 3 heterocycles. The van der Waals surface area contributed by atoms with Gasteiger partial charge in [0.25, 0.3) is 5.91 Å². The number of hydrogen-bond acceptors (Lipinski definition) is 6. The first-order valence-corrected chi connectivity index (χ1v) is 10.1. The van der Waals surface area contributed by atoms with Gasteiger partial charge >= 0.3 is 0 Å². The van der Waals surface area contributed by atoms with Gasteiger partial charge in [0.1, 0.15) is 5.78 Å². The lowest BCUT2D eigenvalue weighted by Gasteiger charge is -2.29. The number of aromatic nitrogens is 2. The number of halogens is 1. The summed E-state index contributed by atoms with van der Waals surface area (Å²) in [6.07, 6.45) is 2.47. The number of ketones is 1. The van der Waals surface area contributed by atoms with Gasteiger partial charge in [0.2, 0.25) is 5.95 Å². The fourth-order valence-corrected chi connectivity index (χ4v) is 4.00. The first-order chi connectivity index (χ1) is 13.9. The highest BCUT2D eigenvalue weighted by Gasteiger charge is 2.29. The van der Waals surface area contributed by atoms with E-state index in [9.17, 15) is 9.59 Å². The summed E-state index contributed by atoms with van der Waals surface area (Å²) in [7, 11) is 0. The summed E-state index contributed by atoms with van der Waals surface area (Å²) < 4.78 is 5.49. The van der Waals surface area contributed by atoms with Crippen molar-refractivity contribution in [2.24, 2.45) is 5.92 Å². The molecule has 0 bridgehead atoms. The topological polar surface area (TPSA) is 84.4 Å². The number of nitrogens with zero attached hydrogens (tertiary/aromatic N) is 3. The van der Waals surface area contributed by atoms with Crippen molar-refractivity contribution in [1.29, 1.82) is 0 Å². The number of benzene rings is 1. The molecule has 1 N–H and O–H groups in total. The normalized spacial score (nSPS) is 21.2. The van der Waals surface area contributed by atoms with Crippen LogP contribution >= 0.6 is 11.6 Å². The lowest BCUT2D eigenvalue weighted by atomic mass is 9.98. The van der Waals surface area contributed by atoms with Crippen LogP contribution in [0.5, 0.6) is 0 Å². The third kappa shape index (κ3) is 4.11. The van der Waals surface area contributed by atoms with Gasteiger partial charge in [0.05, 0.1) is 30.1 Å². The first-order valence-electron chi connectivity index (χ1n) is 9.71. The fraction of sp³-hybridized carbons (Fsp3) is 0.429. The maximum absolute atomic E-state index is 12.7. The number of hydrogen-bond donors (Lipinski definition) is 1. The monoisotopic (exact) mass is 414 g/mol. The zero-order chi connectivity index (χ0) is 20.5. The predicted molar refractivity (Wildman–Crippen MR) is 110 cm³/mol. The molecule has 4 rings (SSSR count). The van der Waals surface area contributed by atoms with Crippen molar-refractivity contribution < 1.29 is 14.3 Å². The van der Waals surface area contributed by atoms with E-state index in [1.54, 1.807) is 17.2 Å². The lowest BCUT2D eigenvalue weighted by molar-refractivity contribution is -0.117. The number of fused-ring (bicyclic) bond motifs is 1. The van der Waals surface area contributed by atoms with E-state index in [1.807, 2.05) is 12.1 Å². The van der Waals surface area contributed by atoms with Crippen molar-refractivity contribution >= 4 is 29.2 Å². The zero-order valence-corrected chi connectivity index (χ0v) is 17.2. The molecule has 0 saturated carbocycles. The quantitative estimate of drug-likeness (QED) is 0.808. The maximum atomic E-state index is 12.7. The third-order valence-corrected chi connectivity index (χ3v) is 5.65. The number of carbonyl (C=O) groups excluding carboxylic acids is 2. The molecule has 2 aliphatic heterocycles. The Hall–Kier alpha value is -2.51. The van der Waals surface area contributed by atoms with E-state index < -0.39 is 0 Å². The summed E-state index contributed by atoms with van der Waals surface area (Å²) in [5.41, 5.74) is 2.81. The third-order valence-electron chi connectivity index (χ3n) is 5.38. The number of ether oxygens (including phenoxy) is 1. The highest BCUT2D eigenvalue weighted by atomic mass is 35.5. The molecule has 1 aromatic heterocycles. The van der Waals surface area contributed by atoms with Crippen molar-refractivity contribution in [1.82, 2.24) is 14.9 Å². The van der Waals surface area contributed by atoms with Crippen LogP contribution in [-0.2, 0) is 16.1 Å². The van der Waals surface area contributed by atoms with Gasteiger partial charge in [-0.2, -0.15) is 0 Å². The van der Waals surface area contributed by atoms with Gasteiger partial charge in [-0.1, -0.05) is 30.7 Å². The number of nitrogens with one attached hydrogen (secondary N) is 1. The molecule has 2 unspecified atom stereocenters. The van der Waals surface area contributed by atoms with Crippen molar-refractivity contribution in [3.05, 3.63) is 40.5 Å². The average Bonchev–Trinajstić information content (AvgIpc) is 2.99. The molecule has 1 saturated heterocycles. The summed E-state index contributed by atoms with van der Waals surface area (Å²) in [4.78, 5) is 34.5. The Balaban J connectivity index is 1.60. The summed E-state index contributed by atoms with van der Waals surface area (Å²) in [5, 5.41) is 3.80. The van der Waals surface area contributed by atoms with E-state index in [2.05, 4.69) is 22.2 Å². The van der Waals surface area contributed by atoms with Crippen LogP contribution in [0.3, 0.4) is 0 Å². The summed E-state index contributed by atoms with van der Waals surface area (Å²) in [6, 6.07) is 5.83. The molecule has 2 aromatic rings. The molecule has 1 aromatic carbocycles. The van der Waals surface area contributed by atoms with Gasteiger partial charge in [-0.05, 0) is 30.9 Å². The smallest absolute Gasteiger partial charge is 0.254 e. The van der Waals surface area contributed by atoms with Gasteiger partial charge in [-0.3, -0.25) is 9.59 Å². The van der Waals surface area contributed by atoms with Gasteiger partial charge in [-0.25, -0.2) is 9.97 Å². The van der Waals surface area contributed by atoms with Crippen molar-refractivity contribution in [2.75, 3.05) is 25.1 Å². The summed E-state index contributed by atoms with van der Waals surface area (Å²) in [5.74, 6) is 0.685. The van der Waals surface area contributed by atoms with Crippen LogP contribution in [0.15, 0.2) is 24.4 Å². The van der Waals surface area contributed by atoms with E-state index in [4.69, 9.17) is 16.3 Å². The van der Waals surface area contributed by atoms with E-state index in [0.717, 1.165) is 17.5 Å². The van der Waals surface area contributed by atoms with E-state index >= 15 is 0 Å². The van der Waals surface area contributed by atoms with Gasteiger partial charge < -0.3 is 15.0 Å². The van der Waals surface area contributed by atoms with Crippen LogP contribution in [0.4, 0.5) is 5.95 Å². The average molecular weight is 415 g/mol. The molecule has 1 amide bonds. The molecule has 152 valence electrons. The zero-order valence-electron chi connectivity index (χ0n) is 16.4. The van der Waals surface area contributed by atoms with Crippen LogP contribution in [-0.4, -0.2) is 52.4 Å². The van der Waals surface area contributed by atoms with Crippen LogP contribution in [0.1, 0.15) is 36.2 Å². The highest BCUT2D eigenvalue weighted by molar-refractivity contribution is 6.33. The Kier molecular flexibility index (Phi) is 5.52. The standard InChI is InChI=1S/C21H23ClN4O3/c1-12-11-29-6-5-18(12)24-21-23-8-17(22)19(25-21)14-3-4-15-10-26(9-13(2)27)20(28)16(15)7-14/h3-4,7-8,12,18H,5-6,9-11H2,1-2H3,(H,23,24,25). The first kappa shape index (κ1) is 19.8. The second kappa shape index (κ2) is 8.08. The minimum absolute atomic E-state index is 0.0386. The molecule has 0 aliphatic carbocycles. The Morgan fingerprint density at radius 1 is 1.41 bits per heavy atom. The molecular weight excluding hydrogens is 392 g/mol. The SMILES string of the molecule is CC(=O)CN1Cc2ccc(-c3nc(NC4CCOCC4C)ncc3Cl)cc2C1=O. The minimum atomic E-state index is -0.142. The molecule has 0 spiro atoms. The molecule has 0 radical (unpaired) electrons. The van der Waals surface area contributed by atoms with Crippen LogP contribution in [0.25, 0.3) is 11.3 Å². The lowest BCUT2D eigenvalue weighted by Crippen LogP contribution is -2.36. The van der Waals surface area contributed by atoms with E-state index in [-0.39, 0.29) is 24.3 Å². The van der Waals surface area contributed by atoms with Crippen molar-refractivity contribution in [3.63, 3.8) is 0 Å². The predicted octanol–water partition coefficient (Wildman–Crippen LogP) is 3.18. The number of Topliss-reactive ketones (excluding diaryl/α,β-unsaturated/α-hetero) is 1. The second-order valence-corrected chi connectivity index (χ2v) is 8.12. The molecule has 2 aliphatic rings. The molecule has 29 heavy (non-hydrogen) atoms. The van der Waals surface area contributed by atoms with Crippen LogP contribution in [0.2, 0.25) is 5.02 Å². The Bertz CT molecular complexity index is 965. The van der Waals surface area contributed by atoms with Crippen molar-refractivity contribution in [3.8, 4) is 11.3 Å². The maximum Gasteiger partial charge on any atom is 0.254 e. The summed E-state index contributed by atoms with van der Waals surface area (Å²) >= 11 is 6.37. The molecule has 8 heteroatoms. The van der Waals surface area contributed by atoms with Gasteiger partial charge in [0, 0.05) is 30.3 Å². The molecular formula is C21H23ClN4O3. The van der Waals surface area contributed by atoms with Gasteiger partial charge in [-0.15, -0.1) is 0 Å². The largest absolute Gasteiger partial charge is 0.381 e. The molecule has 2 atom stereocenters. The number of rotatable bonds is 5. The number of amides is 1. The number of carbonyl (C=O) groups is 2. The fourth-order valence-electron chi connectivity index (χ4n) is 3.80. The van der Waals surface area contributed by atoms with E-state index in [1.165, 1.54) is 6.92 Å². The number of anilines is 1. The Morgan fingerprint density at radius 2 is 2.24 bits per heavy atom. The molecule has 7 nitrogen and oxygen atoms in total. The second-order valence-electron chi connectivity index (χ2n) is 7.72. The van der Waals surface area contributed by atoms with Crippen LogP contribution in [0, 0.1) is 5.92 Å². The highest BCUT2D eigenvalue weighted by Crippen LogP contribution is 2.31. The van der Waals surface area contributed by atoms with Crippen LogP contribution < -0.4 is 5.32 Å². The Labute approximate surface area is 174 Å². The molecule has 1 fully saturated rings.